The van der Waals surface area contributed by atoms with Gasteiger partial charge in [-0.25, -0.2) is 0 Å². The topological polar surface area (TPSA) is 32.3 Å². The summed E-state index contributed by atoms with van der Waals surface area (Å²) in [5, 5.41) is 3.78. The second-order valence-electron chi connectivity index (χ2n) is 7.32. The Hall–Kier alpha value is -0.830. The fourth-order valence-corrected chi connectivity index (χ4v) is 4.34. The molecule has 0 aromatic rings. The SMILES string of the molecule is O=C(C1CC1)N1CCC(NCC2CC3C=CC2C3)CC1. The van der Waals surface area contributed by atoms with Crippen LogP contribution in [-0.4, -0.2) is 36.5 Å². The molecule has 3 atom stereocenters. The second-order valence-corrected chi connectivity index (χ2v) is 7.32. The number of piperidine rings is 1. The number of carbonyl (C=O) groups excluding carboxylic acids is 1. The van der Waals surface area contributed by atoms with E-state index in [9.17, 15) is 4.79 Å². The second kappa shape index (κ2) is 5.18. The van der Waals surface area contributed by atoms with Gasteiger partial charge in [0, 0.05) is 25.0 Å². The molecular formula is C17H26N2O. The molecule has 1 amide bonds. The molecule has 0 aromatic carbocycles. The molecule has 3 heteroatoms. The molecule has 0 spiro atoms. The molecule has 3 fully saturated rings. The van der Waals surface area contributed by atoms with Gasteiger partial charge < -0.3 is 10.2 Å². The van der Waals surface area contributed by atoms with Crippen LogP contribution in [0.15, 0.2) is 12.2 Å². The first-order chi connectivity index (χ1) is 9.79. The van der Waals surface area contributed by atoms with Crippen molar-refractivity contribution in [2.24, 2.45) is 23.7 Å². The van der Waals surface area contributed by atoms with Crippen LogP contribution in [0.2, 0.25) is 0 Å². The van der Waals surface area contributed by atoms with Crippen molar-refractivity contribution in [1.82, 2.24) is 10.2 Å². The van der Waals surface area contributed by atoms with E-state index in [2.05, 4.69) is 22.4 Å². The minimum Gasteiger partial charge on any atom is -0.342 e. The van der Waals surface area contributed by atoms with Crippen LogP contribution in [0.4, 0.5) is 0 Å². The first-order valence-corrected chi connectivity index (χ1v) is 8.50. The maximum Gasteiger partial charge on any atom is 0.225 e. The van der Waals surface area contributed by atoms with Gasteiger partial charge in [-0.2, -0.15) is 0 Å². The molecule has 3 unspecified atom stereocenters. The van der Waals surface area contributed by atoms with Crippen molar-refractivity contribution in [3.05, 3.63) is 12.2 Å². The van der Waals surface area contributed by atoms with Gasteiger partial charge >= 0.3 is 0 Å². The van der Waals surface area contributed by atoms with Gasteiger partial charge in [0.2, 0.25) is 5.91 Å². The number of fused-ring (bicyclic) bond motifs is 2. The minimum absolute atomic E-state index is 0.389. The van der Waals surface area contributed by atoms with Crippen LogP contribution >= 0.6 is 0 Å². The van der Waals surface area contributed by atoms with Crippen molar-refractivity contribution in [1.29, 1.82) is 0 Å². The van der Waals surface area contributed by atoms with Crippen molar-refractivity contribution in [3.8, 4) is 0 Å². The Labute approximate surface area is 121 Å². The molecule has 2 saturated carbocycles. The molecular weight excluding hydrogens is 248 g/mol. The van der Waals surface area contributed by atoms with E-state index in [4.69, 9.17) is 0 Å². The van der Waals surface area contributed by atoms with Gasteiger partial charge in [0.15, 0.2) is 0 Å². The summed E-state index contributed by atoms with van der Waals surface area (Å²) in [6.45, 7) is 3.14. The Kier molecular flexibility index (Phi) is 3.33. The molecule has 0 radical (unpaired) electrons. The van der Waals surface area contributed by atoms with Crippen molar-refractivity contribution >= 4 is 5.91 Å². The minimum atomic E-state index is 0.389. The van der Waals surface area contributed by atoms with Crippen molar-refractivity contribution in [2.75, 3.05) is 19.6 Å². The summed E-state index contributed by atoms with van der Waals surface area (Å²) in [6.07, 6.45) is 12.2. The highest BCUT2D eigenvalue weighted by molar-refractivity contribution is 5.81. The molecule has 110 valence electrons. The molecule has 1 saturated heterocycles. The van der Waals surface area contributed by atoms with Crippen molar-refractivity contribution < 1.29 is 4.79 Å². The number of carbonyl (C=O) groups is 1. The maximum absolute atomic E-state index is 12.0. The predicted molar refractivity (Wildman–Crippen MR) is 79.2 cm³/mol. The molecule has 1 aliphatic heterocycles. The fourth-order valence-electron chi connectivity index (χ4n) is 4.34. The van der Waals surface area contributed by atoms with Gasteiger partial charge in [0.1, 0.15) is 0 Å². The maximum atomic E-state index is 12.0. The van der Waals surface area contributed by atoms with Gasteiger partial charge in [-0.05, 0) is 62.8 Å². The standard InChI is InChI=1S/C17H26N2O/c20-17(13-3-4-13)19-7-5-16(6-8-19)18-11-15-10-12-1-2-14(15)9-12/h1-2,12-16,18H,3-11H2. The number of hydrogen-bond donors (Lipinski definition) is 1. The van der Waals surface area contributed by atoms with E-state index in [1.54, 1.807) is 0 Å². The van der Waals surface area contributed by atoms with E-state index in [1.807, 2.05) is 0 Å². The molecule has 1 N–H and O–H groups in total. The number of nitrogens with one attached hydrogen (secondary N) is 1. The average Bonchev–Trinajstić information content (AvgIpc) is 3.13. The highest BCUT2D eigenvalue weighted by Gasteiger charge is 2.37. The zero-order valence-corrected chi connectivity index (χ0v) is 12.3. The monoisotopic (exact) mass is 274 g/mol. The average molecular weight is 274 g/mol. The largest absolute Gasteiger partial charge is 0.342 e. The number of nitrogens with zero attached hydrogens (tertiary/aromatic N) is 1. The van der Waals surface area contributed by atoms with E-state index in [1.165, 1.54) is 19.4 Å². The highest BCUT2D eigenvalue weighted by atomic mass is 16.2. The third kappa shape index (κ3) is 2.52. The van der Waals surface area contributed by atoms with Crippen molar-refractivity contribution in [3.63, 3.8) is 0 Å². The highest BCUT2D eigenvalue weighted by Crippen LogP contribution is 2.43. The Morgan fingerprint density at radius 1 is 1.10 bits per heavy atom. The molecule has 4 aliphatic rings. The third-order valence-corrected chi connectivity index (χ3v) is 5.82. The Balaban J connectivity index is 1.20. The molecule has 2 bridgehead atoms. The van der Waals surface area contributed by atoms with Gasteiger partial charge in [0.05, 0.1) is 0 Å². The van der Waals surface area contributed by atoms with Crippen LogP contribution in [0.1, 0.15) is 38.5 Å². The summed E-state index contributed by atoms with van der Waals surface area (Å²) in [7, 11) is 0. The molecule has 3 aliphatic carbocycles. The van der Waals surface area contributed by atoms with E-state index in [0.29, 0.717) is 17.9 Å². The number of amides is 1. The summed E-state index contributed by atoms with van der Waals surface area (Å²) in [6, 6.07) is 0.640. The zero-order chi connectivity index (χ0) is 13.5. The first-order valence-electron chi connectivity index (χ1n) is 8.50. The Bertz CT molecular complexity index is 407. The van der Waals surface area contributed by atoms with Crippen LogP contribution in [0, 0.1) is 23.7 Å². The van der Waals surface area contributed by atoms with Gasteiger partial charge in [0.25, 0.3) is 0 Å². The quantitative estimate of drug-likeness (QED) is 0.797. The summed E-state index contributed by atoms with van der Waals surface area (Å²) in [5.41, 5.74) is 0. The van der Waals surface area contributed by atoms with Crippen LogP contribution < -0.4 is 5.32 Å². The van der Waals surface area contributed by atoms with Gasteiger partial charge in [-0.15, -0.1) is 0 Å². The van der Waals surface area contributed by atoms with Crippen molar-refractivity contribution in [2.45, 2.75) is 44.6 Å². The van der Waals surface area contributed by atoms with E-state index >= 15 is 0 Å². The van der Waals surface area contributed by atoms with E-state index in [0.717, 1.165) is 56.5 Å². The van der Waals surface area contributed by atoms with Gasteiger partial charge in [-0.1, -0.05) is 12.2 Å². The van der Waals surface area contributed by atoms with E-state index in [-0.39, 0.29) is 0 Å². The van der Waals surface area contributed by atoms with Crippen LogP contribution in [0.25, 0.3) is 0 Å². The Morgan fingerprint density at radius 3 is 2.50 bits per heavy atom. The number of likely N-dealkylation sites (tertiary alicyclic amines) is 1. The van der Waals surface area contributed by atoms with Crippen LogP contribution in [-0.2, 0) is 4.79 Å². The summed E-state index contributed by atoms with van der Waals surface area (Å²) in [5.74, 6) is 3.42. The number of rotatable bonds is 4. The predicted octanol–water partition coefficient (Wildman–Crippen LogP) is 2.19. The smallest absolute Gasteiger partial charge is 0.225 e. The lowest BCUT2D eigenvalue weighted by Gasteiger charge is -2.33. The summed E-state index contributed by atoms with van der Waals surface area (Å²) in [4.78, 5) is 14.1. The lowest BCUT2D eigenvalue weighted by Crippen LogP contribution is -2.46. The molecule has 1 heterocycles. The number of hydrogen-bond acceptors (Lipinski definition) is 2. The normalized spacial score (nSPS) is 36.8. The van der Waals surface area contributed by atoms with Crippen LogP contribution in [0.3, 0.4) is 0 Å². The third-order valence-electron chi connectivity index (χ3n) is 5.82. The van der Waals surface area contributed by atoms with Gasteiger partial charge in [-0.3, -0.25) is 4.79 Å². The fraction of sp³-hybridized carbons (Fsp3) is 0.824. The zero-order valence-electron chi connectivity index (χ0n) is 12.3. The molecule has 0 aromatic heterocycles. The molecule has 4 rings (SSSR count). The molecule has 20 heavy (non-hydrogen) atoms. The lowest BCUT2D eigenvalue weighted by atomic mass is 9.93. The summed E-state index contributed by atoms with van der Waals surface area (Å²) >= 11 is 0. The van der Waals surface area contributed by atoms with Crippen LogP contribution in [0.5, 0.6) is 0 Å². The summed E-state index contributed by atoms with van der Waals surface area (Å²) < 4.78 is 0. The van der Waals surface area contributed by atoms with E-state index < -0.39 is 0 Å². The number of allylic oxidation sites excluding steroid dienone is 2. The first kappa shape index (κ1) is 12.9. The Morgan fingerprint density at radius 2 is 1.90 bits per heavy atom. The molecule has 3 nitrogen and oxygen atoms in total. The lowest BCUT2D eigenvalue weighted by molar-refractivity contribution is -0.133.